The van der Waals surface area contributed by atoms with Crippen molar-refractivity contribution >= 4 is 5.69 Å². The van der Waals surface area contributed by atoms with E-state index in [4.69, 9.17) is 4.74 Å². The Hall–Kier alpha value is -1.06. The first-order valence-electron chi connectivity index (χ1n) is 6.86. The molecule has 1 aromatic carbocycles. The third-order valence-corrected chi connectivity index (χ3v) is 3.53. The van der Waals surface area contributed by atoms with Gasteiger partial charge in [0.05, 0.1) is 12.2 Å². The molecule has 0 amide bonds. The van der Waals surface area contributed by atoms with Gasteiger partial charge >= 0.3 is 0 Å². The van der Waals surface area contributed by atoms with Crippen molar-refractivity contribution in [3.05, 3.63) is 29.8 Å². The average molecular weight is 249 g/mol. The fourth-order valence-electron chi connectivity index (χ4n) is 2.49. The van der Waals surface area contributed by atoms with Gasteiger partial charge in [-0.25, -0.2) is 0 Å². The molecule has 2 atom stereocenters. The van der Waals surface area contributed by atoms with Crippen molar-refractivity contribution in [3.63, 3.8) is 0 Å². The Morgan fingerprint density at radius 1 is 1.44 bits per heavy atom. The lowest BCUT2D eigenvalue weighted by Crippen LogP contribution is -2.32. The zero-order valence-corrected chi connectivity index (χ0v) is 11.3. The van der Waals surface area contributed by atoms with E-state index in [0.29, 0.717) is 6.10 Å². The van der Waals surface area contributed by atoms with Crippen LogP contribution >= 0.6 is 0 Å². The molecule has 0 radical (unpaired) electrons. The van der Waals surface area contributed by atoms with Crippen molar-refractivity contribution in [2.45, 2.75) is 38.9 Å². The van der Waals surface area contributed by atoms with E-state index in [1.807, 2.05) is 25.1 Å². The van der Waals surface area contributed by atoms with Gasteiger partial charge in [0.2, 0.25) is 0 Å². The lowest BCUT2D eigenvalue weighted by molar-refractivity contribution is 0.0664. The summed E-state index contributed by atoms with van der Waals surface area (Å²) in [6.45, 7) is 6.74. The van der Waals surface area contributed by atoms with Crippen molar-refractivity contribution in [2.24, 2.45) is 0 Å². The topological polar surface area (TPSA) is 32.7 Å². The van der Waals surface area contributed by atoms with Gasteiger partial charge in [0.15, 0.2) is 0 Å². The molecule has 2 rings (SSSR count). The van der Waals surface area contributed by atoms with Crippen molar-refractivity contribution < 1.29 is 9.84 Å². The Morgan fingerprint density at radius 2 is 2.22 bits per heavy atom. The molecule has 0 aliphatic carbocycles. The molecule has 0 spiro atoms. The number of hydrogen-bond donors (Lipinski definition) is 1. The fourth-order valence-corrected chi connectivity index (χ4v) is 2.49. The standard InChI is InChI=1S/C15H23NO2/c1-3-13-11-16(9-6-10-18-13)15-8-5-4-7-14(15)12(2)17/h4-5,7-8,12-13,17H,3,6,9-11H2,1-2H3/t12-,13?/m0/s1. The maximum absolute atomic E-state index is 9.87. The molecule has 3 heteroatoms. The second-order valence-electron chi connectivity index (χ2n) is 4.94. The molecule has 1 heterocycles. The van der Waals surface area contributed by atoms with E-state index in [1.165, 1.54) is 0 Å². The van der Waals surface area contributed by atoms with Crippen LogP contribution < -0.4 is 4.90 Å². The van der Waals surface area contributed by atoms with Crippen LogP contribution in [0.15, 0.2) is 24.3 Å². The second-order valence-corrected chi connectivity index (χ2v) is 4.94. The van der Waals surface area contributed by atoms with Gasteiger partial charge in [0.1, 0.15) is 0 Å². The minimum absolute atomic E-state index is 0.301. The molecular weight excluding hydrogens is 226 g/mol. The molecule has 1 unspecified atom stereocenters. The molecular formula is C15H23NO2. The first-order valence-corrected chi connectivity index (χ1v) is 6.86. The number of para-hydroxylation sites is 1. The number of rotatable bonds is 3. The summed E-state index contributed by atoms with van der Waals surface area (Å²) in [7, 11) is 0. The van der Waals surface area contributed by atoms with Crippen LogP contribution in [0.3, 0.4) is 0 Å². The number of ether oxygens (including phenoxy) is 1. The smallest absolute Gasteiger partial charge is 0.0781 e. The van der Waals surface area contributed by atoms with E-state index in [-0.39, 0.29) is 0 Å². The predicted molar refractivity (Wildman–Crippen MR) is 73.9 cm³/mol. The van der Waals surface area contributed by atoms with Crippen molar-refractivity contribution in [1.29, 1.82) is 0 Å². The quantitative estimate of drug-likeness (QED) is 0.894. The van der Waals surface area contributed by atoms with Crippen LogP contribution in [0.1, 0.15) is 38.4 Å². The van der Waals surface area contributed by atoms with Gasteiger partial charge in [-0.05, 0) is 25.8 Å². The first kappa shape index (κ1) is 13.4. The van der Waals surface area contributed by atoms with Crippen LogP contribution in [-0.2, 0) is 4.74 Å². The Labute approximate surface area is 109 Å². The summed E-state index contributed by atoms with van der Waals surface area (Å²) in [4.78, 5) is 2.35. The third-order valence-electron chi connectivity index (χ3n) is 3.53. The summed E-state index contributed by atoms with van der Waals surface area (Å²) in [5.74, 6) is 0. The highest BCUT2D eigenvalue weighted by Crippen LogP contribution is 2.27. The molecule has 0 bridgehead atoms. The summed E-state index contributed by atoms with van der Waals surface area (Å²) in [6.07, 6.45) is 1.96. The minimum Gasteiger partial charge on any atom is -0.389 e. The minimum atomic E-state index is -0.426. The number of aliphatic hydroxyl groups excluding tert-OH is 1. The highest BCUT2D eigenvalue weighted by atomic mass is 16.5. The van der Waals surface area contributed by atoms with Gasteiger partial charge in [0, 0.05) is 30.9 Å². The molecule has 0 saturated carbocycles. The lowest BCUT2D eigenvalue weighted by atomic mass is 10.1. The molecule has 0 aromatic heterocycles. The van der Waals surface area contributed by atoms with Gasteiger partial charge in [-0.15, -0.1) is 0 Å². The molecule has 1 aliphatic heterocycles. The zero-order valence-electron chi connectivity index (χ0n) is 11.3. The van der Waals surface area contributed by atoms with E-state index >= 15 is 0 Å². The monoisotopic (exact) mass is 249 g/mol. The molecule has 1 N–H and O–H groups in total. The highest BCUT2D eigenvalue weighted by molar-refractivity contribution is 5.54. The van der Waals surface area contributed by atoms with Gasteiger partial charge in [-0.3, -0.25) is 0 Å². The summed E-state index contributed by atoms with van der Waals surface area (Å²) in [5, 5.41) is 9.87. The van der Waals surface area contributed by atoms with Gasteiger partial charge in [-0.2, -0.15) is 0 Å². The lowest BCUT2D eigenvalue weighted by Gasteiger charge is -2.28. The number of benzene rings is 1. The second kappa shape index (κ2) is 6.21. The van der Waals surface area contributed by atoms with Crippen LogP contribution in [0.25, 0.3) is 0 Å². The maximum Gasteiger partial charge on any atom is 0.0781 e. The van der Waals surface area contributed by atoms with Crippen molar-refractivity contribution in [1.82, 2.24) is 0 Å². The highest BCUT2D eigenvalue weighted by Gasteiger charge is 2.20. The average Bonchev–Trinajstić information content (AvgIpc) is 2.64. The van der Waals surface area contributed by atoms with Crippen molar-refractivity contribution in [2.75, 3.05) is 24.6 Å². The number of hydrogen-bond acceptors (Lipinski definition) is 3. The van der Waals surface area contributed by atoms with E-state index in [9.17, 15) is 5.11 Å². The first-order chi connectivity index (χ1) is 8.72. The Bertz CT molecular complexity index is 379. The maximum atomic E-state index is 9.87. The van der Waals surface area contributed by atoms with Crippen LogP contribution in [0, 0.1) is 0 Å². The summed E-state index contributed by atoms with van der Waals surface area (Å²) in [6, 6.07) is 8.12. The number of anilines is 1. The van der Waals surface area contributed by atoms with Gasteiger partial charge in [-0.1, -0.05) is 25.1 Å². The predicted octanol–water partition coefficient (Wildman–Crippen LogP) is 2.75. The van der Waals surface area contributed by atoms with Crippen molar-refractivity contribution in [3.8, 4) is 0 Å². The van der Waals surface area contributed by atoms with E-state index in [0.717, 1.165) is 43.8 Å². The zero-order chi connectivity index (χ0) is 13.0. The normalized spacial score (nSPS) is 22.6. The third kappa shape index (κ3) is 3.03. The SMILES string of the molecule is CCC1CN(c2ccccc2[C@H](C)O)CCCO1. The number of nitrogens with zero attached hydrogens (tertiary/aromatic N) is 1. The van der Waals surface area contributed by atoms with Crippen LogP contribution in [0.4, 0.5) is 5.69 Å². The van der Waals surface area contributed by atoms with Crippen LogP contribution in [0.5, 0.6) is 0 Å². The summed E-state index contributed by atoms with van der Waals surface area (Å²) < 4.78 is 5.80. The van der Waals surface area contributed by atoms with Crippen LogP contribution in [0.2, 0.25) is 0 Å². The Balaban J connectivity index is 2.23. The van der Waals surface area contributed by atoms with E-state index in [2.05, 4.69) is 17.9 Å². The number of aliphatic hydroxyl groups is 1. The largest absolute Gasteiger partial charge is 0.389 e. The Kier molecular flexibility index (Phi) is 4.61. The molecule has 100 valence electrons. The van der Waals surface area contributed by atoms with Crippen LogP contribution in [-0.4, -0.2) is 30.9 Å². The van der Waals surface area contributed by atoms with Gasteiger partial charge < -0.3 is 14.7 Å². The molecule has 1 saturated heterocycles. The molecule has 1 fully saturated rings. The molecule has 3 nitrogen and oxygen atoms in total. The van der Waals surface area contributed by atoms with E-state index in [1.54, 1.807) is 0 Å². The summed E-state index contributed by atoms with van der Waals surface area (Å²) >= 11 is 0. The Morgan fingerprint density at radius 3 is 2.94 bits per heavy atom. The molecule has 18 heavy (non-hydrogen) atoms. The summed E-state index contributed by atoms with van der Waals surface area (Å²) in [5.41, 5.74) is 2.16. The molecule has 1 aliphatic rings. The fraction of sp³-hybridized carbons (Fsp3) is 0.600. The molecule has 1 aromatic rings. The van der Waals surface area contributed by atoms with E-state index < -0.39 is 6.10 Å². The van der Waals surface area contributed by atoms with Gasteiger partial charge in [0.25, 0.3) is 0 Å².